The van der Waals surface area contributed by atoms with Gasteiger partial charge in [-0.15, -0.1) is 12.3 Å². The van der Waals surface area contributed by atoms with Gasteiger partial charge in [0.1, 0.15) is 0 Å². The number of nitrogens with two attached hydrogens (primary N) is 1. The summed E-state index contributed by atoms with van der Waals surface area (Å²) in [6.07, 6.45) is 5.79. The van der Waals surface area contributed by atoms with Gasteiger partial charge in [-0.3, -0.25) is 0 Å². The van der Waals surface area contributed by atoms with Crippen molar-refractivity contribution in [2.75, 3.05) is 5.73 Å². The standard InChI is InChI=1S/C10H11N.C2H6/c1-3-4-9-7-8(2)5-6-10(9)11;1-2/h1,5-7H,4,11H2,2H3;1-2H3. The van der Waals surface area contributed by atoms with Gasteiger partial charge in [0.25, 0.3) is 0 Å². The molecular weight excluding hydrogens is 158 g/mol. The second-order valence-electron chi connectivity index (χ2n) is 2.58. The quantitative estimate of drug-likeness (QED) is 0.515. The number of aryl methyl sites for hydroxylation is 1. The van der Waals surface area contributed by atoms with E-state index in [9.17, 15) is 0 Å². The van der Waals surface area contributed by atoms with Gasteiger partial charge >= 0.3 is 0 Å². The Balaban J connectivity index is 0.000000671. The number of terminal acetylenes is 1. The number of hydrogen-bond donors (Lipinski definition) is 1. The molecule has 1 aromatic carbocycles. The normalized spacial score (nSPS) is 8.15. The van der Waals surface area contributed by atoms with Gasteiger partial charge in [0, 0.05) is 12.1 Å². The van der Waals surface area contributed by atoms with Gasteiger partial charge in [0.2, 0.25) is 0 Å². The molecule has 2 N–H and O–H groups in total. The summed E-state index contributed by atoms with van der Waals surface area (Å²) < 4.78 is 0. The number of rotatable bonds is 1. The molecule has 1 nitrogen and oxygen atoms in total. The van der Waals surface area contributed by atoms with E-state index in [2.05, 4.69) is 5.92 Å². The number of anilines is 1. The predicted octanol–water partition coefficient (Wildman–Crippen LogP) is 2.78. The van der Waals surface area contributed by atoms with Crippen LogP contribution in [0.1, 0.15) is 25.0 Å². The summed E-state index contributed by atoms with van der Waals surface area (Å²) in [6.45, 7) is 6.03. The summed E-state index contributed by atoms with van der Waals surface area (Å²) in [7, 11) is 0. The maximum absolute atomic E-state index is 5.68. The lowest BCUT2D eigenvalue weighted by Crippen LogP contribution is -1.93. The summed E-state index contributed by atoms with van der Waals surface area (Å²) in [5.41, 5.74) is 8.71. The van der Waals surface area contributed by atoms with E-state index in [1.807, 2.05) is 39.0 Å². The fourth-order valence-electron chi connectivity index (χ4n) is 0.998. The number of benzene rings is 1. The molecule has 0 aliphatic carbocycles. The molecule has 0 unspecified atom stereocenters. The van der Waals surface area contributed by atoms with E-state index < -0.39 is 0 Å². The predicted molar refractivity (Wildman–Crippen MR) is 59.5 cm³/mol. The monoisotopic (exact) mass is 175 g/mol. The van der Waals surface area contributed by atoms with Crippen LogP contribution in [0.4, 0.5) is 5.69 Å². The van der Waals surface area contributed by atoms with Gasteiger partial charge in [0.15, 0.2) is 0 Å². The Morgan fingerprint density at radius 2 is 2.00 bits per heavy atom. The number of nitrogen functional groups attached to an aromatic ring is 1. The van der Waals surface area contributed by atoms with Crippen LogP contribution in [0.5, 0.6) is 0 Å². The highest BCUT2D eigenvalue weighted by Crippen LogP contribution is 2.13. The van der Waals surface area contributed by atoms with Crippen molar-refractivity contribution in [1.82, 2.24) is 0 Å². The first kappa shape index (κ1) is 11.6. The van der Waals surface area contributed by atoms with Crippen molar-refractivity contribution in [2.24, 2.45) is 0 Å². The molecule has 0 radical (unpaired) electrons. The molecular formula is C12H17N. The van der Waals surface area contributed by atoms with Crippen molar-refractivity contribution < 1.29 is 0 Å². The van der Waals surface area contributed by atoms with E-state index in [1.54, 1.807) is 0 Å². The van der Waals surface area contributed by atoms with Crippen molar-refractivity contribution in [2.45, 2.75) is 27.2 Å². The second-order valence-corrected chi connectivity index (χ2v) is 2.58. The Hall–Kier alpha value is -1.42. The Bertz CT molecular complexity index is 294. The average Bonchev–Trinajstić information content (AvgIpc) is 2.15. The summed E-state index contributed by atoms with van der Waals surface area (Å²) in [6, 6.07) is 5.90. The Morgan fingerprint density at radius 3 is 2.54 bits per heavy atom. The van der Waals surface area contributed by atoms with Crippen molar-refractivity contribution in [3.8, 4) is 12.3 Å². The van der Waals surface area contributed by atoms with Crippen molar-refractivity contribution in [1.29, 1.82) is 0 Å². The summed E-state index contributed by atoms with van der Waals surface area (Å²) in [4.78, 5) is 0. The fraction of sp³-hybridized carbons (Fsp3) is 0.333. The maximum atomic E-state index is 5.68. The molecule has 0 fully saturated rings. The Morgan fingerprint density at radius 1 is 1.38 bits per heavy atom. The lowest BCUT2D eigenvalue weighted by atomic mass is 10.1. The topological polar surface area (TPSA) is 26.0 Å². The van der Waals surface area contributed by atoms with Crippen molar-refractivity contribution in [3.63, 3.8) is 0 Å². The molecule has 0 amide bonds. The van der Waals surface area contributed by atoms with Crippen LogP contribution in [0.2, 0.25) is 0 Å². The third-order valence-electron chi connectivity index (χ3n) is 1.59. The summed E-state index contributed by atoms with van der Waals surface area (Å²) in [5, 5.41) is 0. The zero-order valence-electron chi connectivity index (χ0n) is 8.59. The minimum absolute atomic E-state index is 0.619. The minimum Gasteiger partial charge on any atom is -0.398 e. The maximum Gasteiger partial charge on any atom is 0.0358 e. The molecule has 1 rings (SSSR count). The highest BCUT2D eigenvalue weighted by molar-refractivity contribution is 5.49. The smallest absolute Gasteiger partial charge is 0.0358 e. The van der Waals surface area contributed by atoms with Gasteiger partial charge < -0.3 is 5.73 Å². The molecule has 1 heteroatoms. The molecule has 0 atom stereocenters. The Labute approximate surface area is 81.0 Å². The highest BCUT2D eigenvalue weighted by Gasteiger charge is 1.95. The van der Waals surface area contributed by atoms with E-state index in [1.165, 1.54) is 5.56 Å². The van der Waals surface area contributed by atoms with E-state index in [0.29, 0.717) is 6.42 Å². The molecule has 0 aliphatic rings. The Kier molecular flexibility index (Phi) is 5.47. The van der Waals surface area contributed by atoms with Crippen LogP contribution < -0.4 is 5.73 Å². The zero-order chi connectivity index (χ0) is 10.3. The fourth-order valence-corrected chi connectivity index (χ4v) is 0.998. The van der Waals surface area contributed by atoms with Gasteiger partial charge in [-0.1, -0.05) is 31.5 Å². The first-order chi connectivity index (χ1) is 6.24. The van der Waals surface area contributed by atoms with E-state index >= 15 is 0 Å². The first-order valence-electron chi connectivity index (χ1n) is 4.52. The van der Waals surface area contributed by atoms with E-state index in [0.717, 1.165) is 11.3 Å². The van der Waals surface area contributed by atoms with Crippen LogP contribution in [0.3, 0.4) is 0 Å². The largest absolute Gasteiger partial charge is 0.398 e. The lowest BCUT2D eigenvalue weighted by molar-refractivity contribution is 1.29. The van der Waals surface area contributed by atoms with Crippen LogP contribution in [0.25, 0.3) is 0 Å². The van der Waals surface area contributed by atoms with E-state index in [-0.39, 0.29) is 0 Å². The SMILES string of the molecule is C#CCc1cc(C)ccc1N.CC. The van der Waals surface area contributed by atoms with Crippen LogP contribution >= 0.6 is 0 Å². The molecule has 0 bridgehead atoms. The zero-order valence-corrected chi connectivity index (χ0v) is 8.59. The highest BCUT2D eigenvalue weighted by atomic mass is 14.6. The van der Waals surface area contributed by atoms with Gasteiger partial charge in [-0.25, -0.2) is 0 Å². The van der Waals surface area contributed by atoms with Crippen LogP contribution in [0, 0.1) is 19.3 Å². The minimum atomic E-state index is 0.619. The second kappa shape index (κ2) is 6.14. The summed E-state index contributed by atoms with van der Waals surface area (Å²) >= 11 is 0. The molecule has 0 heterocycles. The third kappa shape index (κ3) is 3.66. The molecule has 0 saturated carbocycles. The van der Waals surface area contributed by atoms with Gasteiger partial charge in [-0.05, 0) is 18.6 Å². The third-order valence-corrected chi connectivity index (χ3v) is 1.59. The lowest BCUT2D eigenvalue weighted by Gasteiger charge is -2.01. The average molecular weight is 175 g/mol. The van der Waals surface area contributed by atoms with Gasteiger partial charge in [0.05, 0.1) is 0 Å². The van der Waals surface area contributed by atoms with Crippen LogP contribution in [0.15, 0.2) is 18.2 Å². The summed E-state index contributed by atoms with van der Waals surface area (Å²) in [5.74, 6) is 2.57. The van der Waals surface area contributed by atoms with Crippen LogP contribution in [-0.2, 0) is 6.42 Å². The van der Waals surface area contributed by atoms with Gasteiger partial charge in [-0.2, -0.15) is 0 Å². The van der Waals surface area contributed by atoms with Crippen molar-refractivity contribution >= 4 is 5.69 Å². The first-order valence-corrected chi connectivity index (χ1v) is 4.52. The molecule has 13 heavy (non-hydrogen) atoms. The molecule has 1 aromatic rings. The molecule has 70 valence electrons. The molecule has 0 spiro atoms. The van der Waals surface area contributed by atoms with E-state index in [4.69, 9.17) is 12.2 Å². The van der Waals surface area contributed by atoms with Crippen molar-refractivity contribution in [3.05, 3.63) is 29.3 Å². The van der Waals surface area contributed by atoms with Crippen LogP contribution in [-0.4, -0.2) is 0 Å². The molecule has 0 aromatic heterocycles. The molecule has 0 saturated heterocycles. The molecule has 0 aliphatic heterocycles. The number of hydrogen-bond acceptors (Lipinski definition) is 1.